The van der Waals surface area contributed by atoms with Crippen molar-refractivity contribution in [2.45, 2.75) is 51.0 Å². The molecule has 1 amide bonds. The highest BCUT2D eigenvalue weighted by Crippen LogP contribution is 2.32. The molecule has 0 aromatic rings. The van der Waals surface area contributed by atoms with Crippen LogP contribution in [0.1, 0.15) is 45.4 Å². The van der Waals surface area contributed by atoms with E-state index in [1.165, 1.54) is 0 Å². The number of carboxylic acid groups (broad SMARTS) is 1. The zero-order valence-electron chi connectivity index (χ0n) is 12.2. The number of rotatable bonds is 7. The van der Waals surface area contributed by atoms with Crippen LogP contribution in [0.5, 0.6) is 0 Å². The monoisotopic (exact) mass is 279 g/mol. The number of carbonyl (C=O) groups excluding carboxylic acids is 1. The van der Waals surface area contributed by atoms with E-state index in [0.29, 0.717) is 31.6 Å². The summed E-state index contributed by atoms with van der Waals surface area (Å²) in [5.41, 5.74) is -1.09. The largest absolute Gasteiger partial charge is 0.480 e. The second kappa shape index (κ2) is 7.27. The van der Waals surface area contributed by atoms with Gasteiger partial charge in [0.05, 0.1) is 0 Å². The molecule has 4 heteroatoms. The standard InChI is InChI=1S/C16H25NO3/c1-4-6-13(7-5-2)14(18)17-16(15(19)20)10-8-12(3)9-11-16/h4-5,12-13H,1-2,6-11H2,3H3,(H,17,18)(H,19,20). The van der Waals surface area contributed by atoms with Gasteiger partial charge in [0.2, 0.25) is 5.91 Å². The predicted octanol–water partition coefficient (Wildman–Crippen LogP) is 2.90. The zero-order chi connectivity index (χ0) is 15.2. The van der Waals surface area contributed by atoms with Crippen molar-refractivity contribution in [3.63, 3.8) is 0 Å². The van der Waals surface area contributed by atoms with Crippen LogP contribution < -0.4 is 5.32 Å². The minimum atomic E-state index is -1.09. The Bertz CT molecular complexity index is 371. The Balaban J connectivity index is 2.79. The minimum Gasteiger partial charge on any atom is -0.480 e. The first-order valence-corrected chi connectivity index (χ1v) is 7.22. The van der Waals surface area contributed by atoms with Gasteiger partial charge < -0.3 is 10.4 Å². The van der Waals surface area contributed by atoms with Crippen molar-refractivity contribution in [3.05, 3.63) is 25.3 Å². The zero-order valence-corrected chi connectivity index (χ0v) is 12.2. The molecule has 0 heterocycles. The average molecular weight is 279 g/mol. The molecule has 2 N–H and O–H groups in total. The Morgan fingerprint density at radius 2 is 1.80 bits per heavy atom. The molecule has 1 rings (SSSR count). The number of hydrogen-bond acceptors (Lipinski definition) is 2. The summed E-state index contributed by atoms with van der Waals surface area (Å²) < 4.78 is 0. The molecular weight excluding hydrogens is 254 g/mol. The molecular formula is C16H25NO3. The van der Waals surface area contributed by atoms with Crippen LogP contribution in [0.2, 0.25) is 0 Å². The third-order valence-electron chi connectivity index (χ3n) is 4.17. The smallest absolute Gasteiger partial charge is 0.329 e. The maximum atomic E-state index is 12.3. The lowest BCUT2D eigenvalue weighted by Gasteiger charge is -2.37. The van der Waals surface area contributed by atoms with Crippen LogP contribution in [0.25, 0.3) is 0 Å². The molecule has 0 aliphatic heterocycles. The van der Waals surface area contributed by atoms with Crippen LogP contribution >= 0.6 is 0 Å². The van der Waals surface area contributed by atoms with Gasteiger partial charge in [0.1, 0.15) is 5.54 Å². The Hall–Kier alpha value is -1.58. The second-order valence-corrected chi connectivity index (χ2v) is 5.80. The van der Waals surface area contributed by atoms with E-state index in [1.54, 1.807) is 12.2 Å². The van der Waals surface area contributed by atoms with E-state index < -0.39 is 11.5 Å². The van der Waals surface area contributed by atoms with Crippen molar-refractivity contribution in [2.24, 2.45) is 11.8 Å². The van der Waals surface area contributed by atoms with Gasteiger partial charge in [0.15, 0.2) is 0 Å². The van der Waals surface area contributed by atoms with E-state index in [0.717, 1.165) is 12.8 Å². The lowest BCUT2D eigenvalue weighted by molar-refractivity contribution is -0.150. The molecule has 1 saturated carbocycles. The quantitative estimate of drug-likeness (QED) is 0.704. The highest BCUT2D eigenvalue weighted by molar-refractivity contribution is 5.88. The van der Waals surface area contributed by atoms with E-state index in [-0.39, 0.29) is 11.8 Å². The van der Waals surface area contributed by atoms with Gasteiger partial charge in [-0.15, -0.1) is 13.2 Å². The van der Waals surface area contributed by atoms with Gasteiger partial charge in [0, 0.05) is 5.92 Å². The highest BCUT2D eigenvalue weighted by atomic mass is 16.4. The second-order valence-electron chi connectivity index (χ2n) is 5.80. The number of carboxylic acids is 1. The molecule has 0 saturated heterocycles. The SMILES string of the molecule is C=CCC(CC=C)C(=O)NC1(C(=O)O)CCC(C)CC1. The Morgan fingerprint density at radius 3 is 2.20 bits per heavy atom. The number of aliphatic carboxylic acids is 1. The van der Waals surface area contributed by atoms with Crippen molar-refractivity contribution in [1.82, 2.24) is 5.32 Å². The van der Waals surface area contributed by atoms with Gasteiger partial charge >= 0.3 is 5.97 Å². The van der Waals surface area contributed by atoms with Crippen LogP contribution in [-0.4, -0.2) is 22.5 Å². The van der Waals surface area contributed by atoms with E-state index in [4.69, 9.17) is 0 Å². The number of nitrogens with one attached hydrogen (secondary N) is 1. The number of hydrogen-bond donors (Lipinski definition) is 2. The summed E-state index contributed by atoms with van der Waals surface area (Å²) in [4.78, 5) is 23.9. The highest BCUT2D eigenvalue weighted by Gasteiger charge is 2.43. The maximum Gasteiger partial charge on any atom is 0.329 e. The maximum absolute atomic E-state index is 12.3. The van der Waals surface area contributed by atoms with Gasteiger partial charge in [-0.3, -0.25) is 4.79 Å². The topological polar surface area (TPSA) is 66.4 Å². The minimum absolute atomic E-state index is 0.207. The Morgan fingerprint density at radius 1 is 1.30 bits per heavy atom. The van der Waals surface area contributed by atoms with Crippen LogP contribution in [0, 0.1) is 11.8 Å². The Kier molecular flexibility index (Phi) is 5.99. The molecule has 4 nitrogen and oxygen atoms in total. The fourth-order valence-electron chi connectivity index (χ4n) is 2.70. The molecule has 0 unspecified atom stereocenters. The first kappa shape index (κ1) is 16.5. The van der Waals surface area contributed by atoms with Crippen molar-refractivity contribution in [1.29, 1.82) is 0 Å². The molecule has 0 aromatic heterocycles. The van der Waals surface area contributed by atoms with Gasteiger partial charge in [-0.05, 0) is 44.4 Å². The molecule has 1 aliphatic rings. The number of carbonyl (C=O) groups is 2. The number of allylic oxidation sites excluding steroid dienone is 2. The molecule has 1 aliphatic carbocycles. The van der Waals surface area contributed by atoms with Crippen LogP contribution in [0.3, 0.4) is 0 Å². The molecule has 20 heavy (non-hydrogen) atoms. The van der Waals surface area contributed by atoms with Crippen molar-refractivity contribution >= 4 is 11.9 Å². The van der Waals surface area contributed by atoms with Crippen molar-refractivity contribution in [3.8, 4) is 0 Å². The Labute approximate surface area is 120 Å². The third-order valence-corrected chi connectivity index (χ3v) is 4.17. The summed E-state index contributed by atoms with van der Waals surface area (Å²) in [5.74, 6) is -0.882. The molecule has 112 valence electrons. The van der Waals surface area contributed by atoms with E-state index in [9.17, 15) is 14.7 Å². The van der Waals surface area contributed by atoms with E-state index in [1.807, 2.05) is 0 Å². The average Bonchev–Trinajstić information content (AvgIpc) is 2.41. The van der Waals surface area contributed by atoms with Gasteiger partial charge in [-0.25, -0.2) is 4.79 Å². The summed E-state index contributed by atoms with van der Waals surface area (Å²) in [7, 11) is 0. The third kappa shape index (κ3) is 3.95. The molecule has 0 aromatic carbocycles. The lowest BCUT2D eigenvalue weighted by Crippen LogP contribution is -2.57. The molecule has 0 spiro atoms. The number of amides is 1. The normalized spacial score (nSPS) is 26.0. The first-order chi connectivity index (χ1) is 9.45. The first-order valence-electron chi connectivity index (χ1n) is 7.22. The van der Waals surface area contributed by atoms with Crippen LogP contribution in [-0.2, 0) is 9.59 Å². The van der Waals surface area contributed by atoms with Crippen molar-refractivity contribution in [2.75, 3.05) is 0 Å². The molecule has 0 bridgehead atoms. The summed E-state index contributed by atoms with van der Waals surface area (Å²) >= 11 is 0. The van der Waals surface area contributed by atoms with Gasteiger partial charge in [0.25, 0.3) is 0 Å². The fourth-order valence-corrected chi connectivity index (χ4v) is 2.70. The van der Waals surface area contributed by atoms with Crippen LogP contribution in [0.4, 0.5) is 0 Å². The molecule has 0 atom stereocenters. The fraction of sp³-hybridized carbons (Fsp3) is 0.625. The lowest BCUT2D eigenvalue weighted by atomic mass is 9.76. The van der Waals surface area contributed by atoms with E-state index >= 15 is 0 Å². The van der Waals surface area contributed by atoms with Gasteiger partial charge in [-0.2, -0.15) is 0 Å². The summed E-state index contributed by atoms with van der Waals surface area (Å²) in [6, 6.07) is 0. The molecule has 0 radical (unpaired) electrons. The summed E-state index contributed by atoms with van der Waals surface area (Å²) in [5, 5.41) is 12.3. The van der Waals surface area contributed by atoms with Crippen LogP contribution in [0.15, 0.2) is 25.3 Å². The van der Waals surface area contributed by atoms with Crippen molar-refractivity contribution < 1.29 is 14.7 Å². The van der Waals surface area contributed by atoms with Gasteiger partial charge in [-0.1, -0.05) is 19.1 Å². The molecule has 1 fully saturated rings. The summed E-state index contributed by atoms with van der Waals surface area (Å²) in [6.07, 6.45) is 7.11. The van der Waals surface area contributed by atoms with E-state index in [2.05, 4.69) is 25.4 Å². The predicted molar refractivity (Wildman–Crippen MR) is 79.3 cm³/mol. The summed E-state index contributed by atoms with van der Waals surface area (Å²) in [6.45, 7) is 9.40.